The average Bonchev–Trinajstić information content (AvgIpc) is 3.35. The lowest BCUT2D eigenvalue weighted by Crippen LogP contribution is -2.41. The summed E-state index contributed by atoms with van der Waals surface area (Å²) in [6.07, 6.45) is -2.15. The van der Waals surface area contributed by atoms with Crippen molar-refractivity contribution in [2.45, 2.75) is 38.7 Å². The van der Waals surface area contributed by atoms with E-state index in [2.05, 4.69) is 5.16 Å². The highest BCUT2D eigenvalue weighted by Gasteiger charge is 2.43. The van der Waals surface area contributed by atoms with Crippen LogP contribution in [0.3, 0.4) is 0 Å². The highest BCUT2D eigenvalue weighted by molar-refractivity contribution is 6.63. The Bertz CT molecular complexity index is 1240. The minimum atomic E-state index is -1.62. The lowest BCUT2D eigenvalue weighted by Gasteiger charge is -2.22. The first-order valence-electron chi connectivity index (χ1n) is 11.5. The summed E-state index contributed by atoms with van der Waals surface area (Å²) in [5, 5.41) is 34.1. The quantitative estimate of drug-likeness (QED) is 0.138. The summed E-state index contributed by atoms with van der Waals surface area (Å²) in [7, 11) is 0. The van der Waals surface area contributed by atoms with Crippen LogP contribution in [0.4, 0.5) is 16.2 Å². The number of hydrogen-bond donors (Lipinski definition) is 1. The predicted molar refractivity (Wildman–Crippen MR) is 132 cm³/mol. The van der Waals surface area contributed by atoms with E-state index in [0.717, 1.165) is 11.8 Å². The smallest absolute Gasteiger partial charge is 0.410 e. The van der Waals surface area contributed by atoms with Gasteiger partial charge in [0, 0.05) is 37.6 Å². The highest BCUT2D eigenvalue weighted by Crippen LogP contribution is 2.24. The van der Waals surface area contributed by atoms with Crippen molar-refractivity contribution in [2.24, 2.45) is 5.16 Å². The van der Waals surface area contributed by atoms with Gasteiger partial charge in [-0.05, 0) is 35.4 Å². The van der Waals surface area contributed by atoms with Gasteiger partial charge in [0.1, 0.15) is 25.4 Å². The van der Waals surface area contributed by atoms with Crippen LogP contribution in [0.5, 0.6) is 0 Å². The molecular weight excluding hydrogens is 536 g/mol. The first kappa shape index (κ1) is 29.2. The third-order valence-electron chi connectivity index (χ3n) is 5.64. The van der Waals surface area contributed by atoms with Gasteiger partial charge in [0.2, 0.25) is 5.71 Å². The zero-order valence-electron chi connectivity index (χ0n) is 20.8. The minimum Gasteiger partial charge on any atom is -0.476 e. The number of hydrogen-bond acceptors (Lipinski definition) is 12. The average molecular weight is 558 g/mol. The van der Waals surface area contributed by atoms with Crippen molar-refractivity contribution in [3.63, 3.8) is 0 Å². The van der Waals surface area contributed by atoms with Gasteiger partial charge < -0.3 is 19.4 Å². The molecule has 2 aromatic carbocycles. The molecule has 16 nitrogen and oxygen atoms in total. The molecule has 0 spiro atoms. The number of amides is 1. The van der Waals surface area contributed by atoms with Gasteiger partial charge in [-0.1, -0.05) is 5.16 Å². The molecule has 2 aromatic rings. The number of rotatable bonds is 11. The largest absolute Gasteiger partial charge is 0.476 e. The zero-order valence-corrected chi connectivity index (χ0v) is 20.8. The maximum atomic E-state index is 12.9. The van der Waals surface area contributed by atoms with Gasteiger partial charge in [-0.2, -0.15) is 0 Å². The summed E-state index contributed by atoms with van der Waals surface area (Å²) in [6.45, 7) is 0.154. The van der Waals surface area contributed by atoms with E-state index in [-0.39, 0.29) is 37.6 Å². The molecule has 1 fully saturated rings. The Labute approximate surface area is 225 Å². The van der Waals surface area contributed by atoms with Gasteiger partial charge in [0.15, 0.2) is 5.78 Å². The lowest BCUT2D eigenvalue weighted by molar-refractivity contribution is -0.385. The molecule has 1 amide bonds. The van der Waals surface area contributed by atoms with Crippen molar-refractivity contribution in [2.75, 3.05) is 6.54 Å². The molecule has 3 rings (SSSR count). The van der Waals surface area contributed by atoms with E-state index in [4.69, 9.17) is 19.4 Å². The van der Waals surface area contributed by atoms with Gasteiger partial charge in [-0.25, -0.2) is 14.4 Å². The maximum absolute atomic E-state index is 12.9. The van der Waals surface area contributed by atoms with E-state index in [1.54, 1.807) is 0 Å². The van der Waals surface area contributed by atoms with Crippen LogP contribution >= 0.6 is 0 Å². The molecule has 210 valence electrons. The van der Waals surface area contributed by atoms with E-state index in [1.807, 2.05) is 0 Å². The number of carboxylic acid groups (broad SMARTS) is 1. The van der Waals surface area contributed by atoms with Crippen molar-refractivity contribution in [3.05, 3.63) is 79.9 Å². The Balaban J connectivity index is 1.71. The van der Waals surface area contributed by atoms with Gasteiger partial charge in [-0.3, -0.25) is 29.9 Å². The van der Waals surface area contributed by atoms with Crippen molar-refractivity contribution in [3.8, 4) is 0 Å². The van der Waals surface area contributed by atoms with Crippen molar-refractivity contribution in [1.29, 1.82) is 0 Å². The first-order chi connectivity index (χ1) is 19.0. The van der Waals surface area contributed by atoms with E-state index >= 15 is 0 Å². The highest BCUT2D eigenvalue weighted by atomic mass is 16.6. The second-order valence-electron chi connectivity index (χ2n) is 8.44. The number of oxime groups is 1. The maximum Gasteiger partial charge on any atom is 0.410 e. The molecule has 0 saturated carbocycles. The van der Waals surface area contributed by atoms with Crippen molar-refractivity contribution >= 4 is 40.9 Å². The molecule has 1 heterocycles. The molecule has 40 heavy (non-hydrogen) atoms. The van der Waals surface area contributed by atoms with Crippen molar-refractivity contribution < 1.29 is 48.4 Å². The van der Waals surface area contributed by atoms with Crippen LogP contribution in [0, 0.1) is 20.2 Å². The van der Waals surface area contributed by atoms with Crippen LogP contribution < -0.4 is 0 Å². The Morgan fingerprint density at radius 1 is 0.925 bits per heavy atom. The molecule has 16 heteroatoms. The number of ether oxygens (including phenoxy) is 2. The molecule has 0 radical (unpaired) electrons. The summed E-state index contributed by atoms with van der Waals surface area (Å²) >= 11 is 0. The molecule has 0 aromatic heterocycles. The molecule has 0 unspecified atom stereocenters. The fraction of sp³-hybridized carbons (Fsp3) is 0.292. The zero-order chi connectivity index (χ0) is 29.4. The van der Waals surface area contributed by atoms with Gasteiger partial charge in [0.05, 0.1) is 16.4 Å². The number of carboxylic acids is 1. The minimum absolute atomic E-state index is 0.153. The SMILES string of the molecule is CC(=O)/C(=N/O[C@H]1C[C@@H](C(=O)OCc2ccc([N+](=O)[O-])cc2)N(C(=O)OCc2ccc([N+](=O)[O-])cc2)C1)C(=O)O. The monoisotopic (exact) mass is 558 g/mol. The van der Waals surface area contributed by atoms with E-state index < -0.39 is 51.5 Å². The molecule has 1 aliphatic rings. The van der Waals surface area contributed by atoms with E-state index in [1.165, 1.54) is 48.5 Å². The number of esters is 1. The van der Waals surface area contributed by atoms with Crippen LogP contribution in [0.25, 0.3) is 0 Å². The summed E-state index contributed by atoms with van der Waals surface area (Å²) in [4.78, 5) is 75.0. The van der Waals surface area contributed by atoms with Crippen LogP contribution in [-0.2, 0) is 41.9 Å². The topological polar surface area (TPSA) is 218 Å². The standard InChI is InChI=1S/C24H22N4O12/c1-14(29)21(22(30)31)25-40-19-10-20(23(32)38-12-15-2-6-17(7-3-15)27(34)35)26(11-19)24(33)39-13-16-4-8-18(9-5-16)28(36)37/h2-9,19-20H,10-13H2,1H3,(H,30,31)/b25-21-/t19-,20-/m0/s1. The summed E-state index contributed by atoms with van der Waals surface area (Å²) in [5.74, 6) is -3.36. The summed E-state index contributed by atoms with van der Waals surface area (Å²) in [5.41, 5.74) is -0.317. The number of nitro groups is 2. The number of nitrogens with zero attached hydrogens (tertiary/aromatic N) is 4. The number of nitro benzene ring substituents is 2. The van der Waals surface area contributed by atoms with E-state index in [9.17, 15) is 39.4 Å². The fourth-order valence-corrected chi connectivity index (χ4v) is 3.59. The number of carbonyl (C=O) groups is 4. The summed E-state index contributed by atoms with van der Waals surface area (Å²) in [6, 6.07) is 9.26. The Morgan fingerprint density at radius 2 is 1.43 bits per heavy atom. The van der Waals surface area contributed by atoms with Crippen LogP contribution in [-0.4, -0.2) is 68.1 Å². The third kappa shape index (κ3) is 7.56. The molecule has 1 N–H and O–H groups in total. The number of likely N-dealkylation sites (tertiary alicyclic amines) is 1. The van der Waals surface area contributed by atoms with Crippen LogP contribution in [0.1, 0.15) is 24.5 Å². The third-order valence-corrected chi connectivity index (χ3v) is 5.64. The van der Waals surface area contributed by atoms with E-state index in [0.29, 0.717) is 11.1 Å². The number of carbonyl (C=O) groups excluding carboxylic acids is 3. The fourth-order valence-electron chi connectivity index (χ4n) is 3.59. The second kappa shape index (κ2) is 12.9. The number of aliphatic carboxylic acids is 1. The molecule has 0 aliphatic carbocycles. The molecule has 0 bridgehead atoms. The van der Waals surface area contributed by atoms with Gasteiger partial charge >= 0.3 is 18.0 Å². The lowest BCUT2D eigenvalue weighted by atomic mass is 10.2. The van der Waals surface area contributed by atoms with Crippen molar-refractivity contribution in [1.82, 2.24) is 4.90 Å². The molecular formula is C24H22N4O12. The number of Topliss-reactive ketones (excluding diaryl/α,β-unsaturated/α-hetero) is 1. The number of benzene rings is 2. The molecule has 1 saturated heterocycles. The molecule has 2 atom stereocenters. The number of ketones is 1. The first-order valence-corrected chi connectivity index (χ1v) is 11.5. The van der Waals surface area contributed by atoms with Crippen LogP contribution in [0.2, 0.25) is 0 Å². The Kier molecular flexibility index (Phi) is 9.40. The predicted octanol–water partition coefficient (Wildman–Crippen LogP) is 2.37. The normalized spacial score (nSPS) is 16.6. The Hall–Kier alpha value is -5.41. The second-order valence-corrected chi connectivity index (χ2v) is 8.44. The van der Waals surface area contributed by atoms with Gasteiger partial charge in [-0.15, -0.1) is 0 Å². The number of non-ortho nitro benzene ring substituents is 2. The Morgan fingerprint density at radius 3 is 1.88 bits per heavy atom. The van der Waals surface area contributed by atoms with Gasteiger partial charge in [0.25, 0.3) is 11.4 Å². The van der Waals surface area contributed by atoms with Crippen LogP contribution in [0.15, 0.2) is 53.7 Å². The summed E-state index contributed by atoms with van der Waals surface area (Å²) < 4.78 is 10.5. The molecule has 1 aliphatic heterocycles.